The molecule has 0 saturated carbocycles. The van der Waals surface area contributed by atoms with Crippen LogP contribution < -0.4 is 5.32 Å². The largest absolute Gasteiger partial charge is 0.387 e. The van der Waals surface area contributed by atoms with Crippen LogP contribution in [0.25, 0.3) is 0 Å². The molecule has 0 saturated heterocycles. The molecule has 0 aromatic heterocycles. The van der Waals surface area contributed by atoms with Gasteiger partial charge < -0.3 is 10.4 Å². The first kappa shape index (κ1) is 14.6. The van der Waals surface area contributed by atoms with Crippen LogP contribution in [0.3, 0.4) is 0 Å². The molecule has 0 fully saturated rings. The van der Waals surface area contributed by atoms with Crippen molar-refractivity contribution in [3.8, 4) is 0 Å². The first-order valence-corrected chi connectivity index (χ1v) is 8.13. The molecule has 4 nitrogen and oxygen atoms in total. The van der Waals surface area contributed by atoms with E-state index in [1.165, 1.54) is 12.1 Å². The normalized spacial score (nSPS) is 12.9. The van der Waals surface area contributed by atoms with Gasteiger partial charge in [0.15, 0.2) is 9.84 Å². The molecule has 1 atom stereocenters. The molecule has 0 aliphatic heterocycles. The van der Waals surface area contributed by atoms with E-state index < -0.39 is 15.9 Å². The number of hydrogen-bond acceptors (Lipinski definition) is 4. The first-order valence-electron chi connectivity index (χ1n) is 6.24. The second-order valence-corrected chi connectivity index (χ2v) is 6.62. The number of aliphatic hydroxyl groups is 1. The van der Waals surface area contributed by atoms with Gasteiger partial charge in [0.25, 0.3) is 0 Å². The summed E-state index contributed by atoms with van der Waals surface area (Å²) in [6.07, 6.45) is 0.471. The van der Waals surface area contributed by atoms with E-state index in [0.717, 1.165) is 11.9 Å². The quantitative estimate of drug-likeness (QED) is 0.886. The molecule has 0 spiro atoms. The Morgan fingerprint density at radius 3 is 2.20 bits per heavy atom. The number of nitrogens with one attached hydrogen (secondary N) is 1. The Hall–Kier alpha value is -1.85. The predicted octanol–water partition coefficient (Wildman–Crippen LogP) is 2.24. The number of aliphatic hydroxyl groups excluding tert-OH is 1. The molecule has 0 amide bonds. The van der Waals surface area contributed by atoms with E-state index in [1.807, 2.05) is 30.3 Å². The summed E-state index contributed by atoms with van der Waals surface area (Å²) in [6, 6.07) is 15.9. The Labute approximate surface area is 119 Å². The number of sulfone groups is 1. The van der Waals surface area contributed by atoms with Crippen molar-refractivity contribution >= 4 is 15.5 Å². The van der Waals surface area contributed by atoms with Crippen molar-refractivity contribution < 1.29 is 13.5 Å². The van der Waals surface area contributed by atoms with Crippen molar-refractivity contribution in [3.63, 3.8) is 0 Å². The van der Waals surface area contributed by atoms with E-state index in [-0.39, 0.29) is 4.90 Å². The zero-order chi connectivity index (χ0) is 14.6. The van der Waals surface area contributed by atoms with Gasteiger partial charge in [0.1, 0.15) is 0 Å². The van der Waals surface area contributed by atoms with Crippen molar-refractivity contribution in [1.29, 1.82) is 0 Å². The summed E-state index contributed by atoms with van der Waals surface area (Å²) in [6.45, 7) is 0.363. The lowest BCUT2D eigenvalue weighted by Gasteiger charge is -2.13. The van der Waals surface area contributed by atoms with Crippen molar-refractivity contribution in [2.45, 2.75) is 11.0 Å². The van der Waals surface area contributed by atoms with Crippen LogP contribution in [-0.4, -0.2) is 26.3 Å². The highest BCUT2D eigenvalue weighted by molar-refractivity contribution is 7.90. The van der Waals surface area contributed by atoms with Crippen LogP contribution >= 0.6 is 0 Å². The van der Waals surface area contributed by atoms with Crippen LogP contribution in [-0.2, 0) is 9.84 Å². The van der Waals surface area contributed by atoms with Gasteiger partial charge >= 0.3 is 0 Å². The summed E-state index contributed by atoms with van der Waals surface area (Å²) in [5, 5.41) is 13.2. The summed E-state index contributed by atoms with van der Waals surface area (Å²) in [5.74, 6) is 0. The monoisotopic (exact) mass is 291 g/mol. The molecule has 5 heteroatoms. The fraction of sp³-hybridized carbons (Fsp3) is 0.200. The Kier molecular flexibility index (Phi) is 4.42. The highest BCUT2D eigenvalue weighted by atomic mass is 32.2. The number of benzene rings is 2. The van der Waals surface area contributed by atoms with Crippen LogP contribution in [0.5, 0.6) is 0 Å². The van der Waals surface area contributed by atoms with Gasteiger partial charge in [0.2, 0.25) is 0 Å². The molecule has 0 bridgehead atoms. The molecule has 1 unspecified atom stereocenters. The van der Waals surface area contributed by atoms with E-state index in [1.54, 1.807) is 12.1 Å². The van der Waals surface area contributed by atoms with Gasteiger partial charge in [-0.1, -0.05) is 30.3 Å². The average molecular weight is 291 g/mol. The Bertz CT molecular complexity index is 651. The van der Waals surface area contributed by atoms with Gasteiger partial charge in [0.05, 0.1) is 11.0 Å². The van der Waals surface area contributed by atoms with E-state index in [0.29, 0.717) is 12.1 Å². The van der Waals surface area contributed by atoms with Crippen LogP contribution in [0.2, 0.25) is 0 Å². The molecule has 0 radical (unpaired) electrons. The number of hydrogen-bond donors (Lipinski definition) is 2. The van der Waals surface area contributed by atoms with Gasteiger partial charge in [-0.15, -0.1) is 0 Å². The van der Waals surface area contributed by atoms with Gasteiger partial charge in [-0.05, 0) is 29.8 Å². The molecule has 2 aromatic rings. The fourth-order valence-corrected chi connectivity index (χ4v) is 2.46. The fourth-order valence-electron chi connectivity index (χ4n) is 1.83. The summed E-state index contributed by atoms with van der Waals surface area (Å²) in [7, 11) is -3.20. The second kappa shape index (κ2) is 6.07. The van der Waals surface area contributed by atoms with Crippen molar-refractivity contribution in [2.24, 2.45) is 0 Å². The van der Waals surface area contributed by atoms with E-state index in [9.17, 15) is 13.5 Å². The molecule has 20 heavy (non-hydrogen) atoms. The maximum atomic E-state index is 11.3. The van der Waals surface area contributed by atoms with Gasteiger partial charge in [0, 0.05) is 18.5 Å². The smallest absolute Gasteiger partial charge is 0.175 e. The molecule has 0 aliphatic carbocycles. The van der Waals surface area contributed by atoms with Crippen LogP contribution in [0, 0.1) is 0 Å². The summed E-state index contributed by atoms with van der Waals surface area (Å²) < 4.78 is 22.7. The third kappa shape index (κ3) is 3.82. The standard InChI is InChI=1S/C15H17NO3S/c1-20(18,19)14-9-7-12(8-10-14)15(17)11-16-13-5-3-2-4-6-13/h2-10,15-17H,11H2,1H3. The van der Waals surface area contributed by atoms with Crippen molar-refractivity contribution in [2.75, 3.05) is 18.1 Å². The summed E-state index contributed by atoms with van der Waals surface area (Å²) in [4.78, 5) is 0.254. The lowest BCUT2D eigenvalue weighted by molar-refractivity contribution is 0.191. The minimum atomic E-state index is -3.20. The maximum Gasteiger partial charge on any atom is 0.175 e. The van der Waals surface area contributed by atoms with E-state index in [4.69, 9.17) is 0 Å². The third-order valence-electron chi connectivity index (χ3n) is 2.97. The van der Waals surface area contributed by atoms with Gasteiger partial charge in [-0.3, -0.25) is 0 Å². The third-order valence-corrected chi connectivity index (χ3v) is 4.09. The Balaban J connectivity index is 2.01. The number of anilines is 1. The molecule has 2 aromatic carbocycles. The molecule has 2 rings (SSSR count). The Morgan fingerprint density at radius 1 is 1.05 bits per heavy atom. The average Bonchev–Trinajstić information content (AvgIpc) is 2.45. The van der Waals surface area contributed by atoms with E-state index >= 15 is 0 Å². The topological polar surface area (TPSA) is 66.4 Å². The van der Waals surface area contributed by atoms with Gasteiger partial charge in [-0.25, -0.2) is 8.42 Å². The summed E-state index contributed by atoms with van der Waals surface area (Å²) >= 11 is 0. The minimum absolute atomic E-state index is 0.254. The first-order chi connectivity index (χ1) is 9.47. The predicted molar refractivity (Wildman–Crippen MR) is 79.4 cm³/mol. The molecular formula is C15H17NO3S. The zero-order valence-electron chi connectivity index (χ0n) is 11.2. The lowest BCUT2D eigenvalue weighted by atomic mass is 10.1. The summed E-state index contributed by atoms with van der Waals surface area (Å²) in [5.41, 5.74) is 1.61. The SMILES string of the molecule is CS(=O)(=O)c1ccc(C(O)CNc2ccccc2)cc1. The second-order valence-electron chi connectivity index (χ2n) is 4.60. The molecular weight excluding hydrogens is 274 g/mol. The van der Waals surface area contributed by atoms with Crippen LogP contribution in [0.4, 0.5) is 5.69 Å². The zero-order valence-corrected chi connectivity index (χ0v) is 12.0. The highest BCUT2D eigenvalue weighted by Crippen LogP contribution is 2.17. The van der Waals surface area contributed by atoms with Crippen LogP contribution in [0.15, 0.2) is 59.5 Å². The molecule has 0 aliphatic rings. The number of para-hydroxylation sites is 1. The Morgan fingerprint density at radius 2 is 1.65 bits per heavy atom. The highest BCUT2D eigenvalue weighted by Gasteiger charge is 2.10. The molecule has 2 N–H and O–H groups in total. The molecule has 106 valence electrons. The lowest BCUT2D eigenvalue weighted by Crippen LogP contribution is -2.12. The van der Waals surface area contributed by atoms with Crippen LogP contribution in [0.1, 0.15) is 11.7 Å². The molecule has 0 heterocycles. The van der Waals surface area contributed by atoms with Crippen molar-refractivity contribution in [1.82, 2.24) is 0 Å². The van der Waals surface area contributed by atoms with Crippen molar-refractivity contribution in [3.05, 3.63) is 60.2 Å². The maximum absolute atomic E-state index is 11.3. The van der Waals surface area contributed by atoms with E-state index in [2.05, 4.69) is 5.32 Å². The van der Waals surface area contributed by atoms with Gasteiger partial charge in [-0.2, -0.15) is 0 Å². The minimum Gasteiger partial charge on any atom is -0.387 e. The number of rotatable bonds is 5.